The largest absolute Gasteiger partial charge is 0.488 e. The summed E-state index contributed by atoms with van der Waals surface area (Å²) in [6.07, 6.45) is -0.489. The molecule has 0 bridgehead atoms. The average Bonchev–Trinajstić information content (AvgIpc) is 2.08. The van der Waals surface area contributed by atoms with Gasteiger partial charge in [0.25, 0.3) is 0 Å². The van der Waals surface area contributed by atoms with E-state index in [1.807, 2.05) is 47.6 Å². The Balaban J connectivity index is 2.83. The predicted molar refractivity (Wildman–Crippen MR) is 84.4 cm³/mol. The number of benzene rings is 1. The van der Waals surface area contributed by atoms with Crippen LogP contribution in [0.3, 0.4) is 0 Å². The zero-order chi connectivity index (χ0) is 15.6. The molecule has 0 heterocycles. The molecular weight excluding hydrogens is 322 g/mol. The summed E-state index contributed by atoms with van der Waals surface area (Å²) in [4.78, 5) is 11.7. The standard InChI is InChI=1S/C15H22BrNO3/c1-14(2,3)19-12-8-10(16)7-11(9-12)17-13(18)20-15(4,5)6/h7-9H,1-6H3,(H,17,18). The minimum Gasteiger partial charge on any atom is -0.488 e. The van der Waals surface area contributed by atoms with Gasteiger partial charge < -0.3 is 9.47 Å². The number of anilines is 1. The first-order valence-electron chi connectivity index (χ1n) is 6.44. The fraction of sp³-hybridized carbons (Fsp3) is 0.533. The van der Waals surface area contributed by atoms with Crippen molar-refractivity contribution in [3.63, 3.8) is 0 Å². The lowest BCUT2D eigenvalue weighted by Crippen LogP contribution is -2.27. The highest BCUT2D eigenvalue weighted by Gasteiger charge is 2.17. The van der Waals surface area contributed by atoms with Crippen LogP contribution in [0, 0.1) is 0 Å². The second-order valence-corrected chi connectivity index (χ2v) is 7.43. The van der Waals surface area contributed by atoms with Crippen molar-refractivity contribution in [2.45, 2.75) is 52.7 Å². The third-order valence-corrected chi connectivity index (χ3v) is 2.40. The van der Waals surface area contributed by atoms with Crippen molar-refractivity contribution in [1.29, 1.82) is 0 Å². The van der Waals surface area contributed by atoms with Gasteiger partial charge >= 0.3 is 6.09 Å². The summed E-state index contributed by atoms with van der Waals surface area (Å²) < 4.78 is 11.8. The number of carbonyl (C=O) groups is 1. The molecule has 1 rings (SSSR count). The monoisotopic (exact) mass is 343 g/mol. The van der Waals surface area contributed by atoms with E-state index >= 15 is 0 Å². The van der Waals surface area contributed by atoms with Crippen LogP contribution in [0.4, 0.5) is 10.5 Å². The van der Waals surface area contributed by atoms with Crippen LogP contribution in [0.5, 0.6) is 5.75 Å². The molecular formula is C15H22BrNO3. The molecule has 1 aromatic rings. The lowest BCUT2D eigenvalue weighted by molar-refractivity contribution is 0.0636. The minimum absolute atomic E-state index is 0.302. The predicted octanol–water partition coefficient (Wildman–Crippen LogP) is 4.97. The highest BCUT2D eigenvalue weighted by atomic mass is 79.9. The van der Waals surface area contributed by atoms with Gasteiger partial charge in [-0.2, -0.15) is 0 Å². The van der Waals surface area contributed by atoms with Crippen LogP contribution in [-0.2, 0) is 4.74 Å². The zero-order valence-electron chi connectivity index (χ0n) is 12.8. The van der Waals surface area contributed by atoms with Crippen molar-refractivity contribution in [3.8, 4) is 5.75 Å². The van der Waals surface area contributed by atoms with E-state index < -0.39 is 11.7 Å². The Labute approximate surface area is 129 Å². The number of hydrogen-bond acceptors (Lipinski definition) is 3. The van der Waals surface area contributed by atoms with E-state index in [2.05, 4.69) is 21.2 Å². The van der Waals surface area contributed by atoms with E-state index in [-0.39, 0.29) is 5.60 Å². The van der Waals surface area contributed by atoms with Crippen LogP contribution in [0.25, 0.3) is 0 Å². The van der Waals surface area contributed by atoms with Gasteiger partial charge in [0.05, 0.1) is 0 Å². The Morgan fingerprint density at radius 1 is 1.05 bits per heavy atom. The van der Waals surface area contributed by atoms with Gasteiger partial charge in [0.15, 0.2) is 0 Å². The summed E-state index contributed by atoms with van der Waals surface area (Å²) in [5, 5.41) is 2.69. The first-order chi connectivity index (χ1) is 8.94. The molecule has 112 valence electrons. The van der Waals surface area contributed by atoms with Gasteiger partial charge in [0.2, 0.25) is 0 Å². The lowest BCUT2D eigenvalue weighted by atomic mass is 10.2. The van der Waals surface area contributed by atoms with Crippen LogP contribution >= 0.6 is 15.9 Å². The molecule has 0 atom stereocenters. The number of amides is 1. The SMILES string of the molecule is CC(C)(C)OC(=O)Nc1cc(Br)cc(OC(C)(C)C)c1. The number of nitrogens with one attached hydrogen (secondary N) is 1. The summed E-state index contributed by atoms with van der Waals surface area (Å²) >= 11 is 3.40. The van der Waals surface area contributed by atoms with Gasteiger partial charge in [-0.1, -0.05) is 15.9 Å². The van der Waals surface area contributed by atoms with Crippen molar-refractivity contribution in [2.75, 3.05) is 5.32 Å². The molecule has 0 aromatic heterocycles. The third-order valence-electron chi connectivity index (χ3n) is 1.94. The van der Waals surface area contributed by atoms with E-state index in [4.69, 9.17) is 9.47 Å². The Morgan fingerprint density at radius 3 is 2.15 bits per heavy atom. The van der Waals surface area contributed by atoms with Gasteiger partial charge in [-0.15, -0.1) is 0 Å². The smallest absolute Gasteiger partial charge is 0.412 e. The summed E-state index contributed by atoms with van der Waals surface area (Å²) in [6.45, 7) is 11.4. The first kappa shape index (κ1) is 16.8. The molecule has 0 spiro atoms. The Morgan fingerprint density at radius 2 is 1.65 bits per heavy atom. The highest BCUT2D eigenvalue weighted by Crippen LogP contribution is 2.27. The highest BCUT2D eigenvalue weighted by molar-refractivity contribution is 9.10. The van der Waals surface area contributed by atoms with Crippen LogP contribution in [0.15, 0.2) is 22.7 Å². The number of hydrogen-bond donors (Lipinski definition) is 1. The summed E-state index contributed by atoms with van der Waals surface area (Å²) in [5.41, 5.74) is -0.210. The van der Waals surface area contributed by atoms with Gasteiger partial charge in [-0.3, -0.25) is 5.32 Å². The first-order valence-corrected chi connectivity index (χ1v) is 7.23. The van der Waals surface area contributed by atoms with Gasteiger partial charge in [0.1, 0.15) is 17.0 Å². The average molecular weight is 344 g/mol. The van der Waals surface area contributed by atoms with Gasteiger partial charge in [0, 0.05) is 16.2 Å². The molecule has 0 saturated heterocycles. The fourth-order valence-electron chi connectivity index (χ4n) is 1.47. The lowest BCUT2D eigenvalue weighted by Gasteiger charge is -2.22. The normalized spacial score (nSPS) is 11.9. The molecule has 0 aliphatic carbocycles. The second-order valence-electron chi connectivity index (χ2n) is 6.52. The van der Waals surface area contributed by atoms with Gasteiger partial charge in [-0.25, -0.2) is 4.79 Å². The molecule has 20 heavy (non-hydrogen) atoms. The molecule has 4 nitrogen and oxygen atoms in total. The minimum atomic E-state index is -0.527. The molecule has 0 aliphatic rings. The Hall–Kier alpha value is -1.23. The molecule has 0 radical (unpaired) electrons. The maximum Gasteiger partial charge on any atom is 0.412 e. The van der Waals surface area contributed by atoms with E-state index in [9.17, 15) is 4.79 Å². The summed E-state index contributed by atoms with van der Waals surface area (Å²) in [7, 11) is 0. The maximum atomic E-state index is 11.7. The number of halogens is 1. The number of rotatable bonds is 2. The van der Waals surface area contributed by atoms with E-state index in [0.717, 1.165) is 4.47 Å². The van der Waals surface area contributed by atoms with E-state index in [1.165, 1.54) is 0 Å². The van der Waals surface area contributed by atoms with Crippen molar-refractivity contribution in [1.82, 2.24) is 0 Å². The summed E-state index contributed by atoms with van der Waals surface area (Å²) in [5.74, 6) is 0.679. The zero-order valence-corrected chi connectivity index (χ0v) is 14.4. The van der Waals surface area contributed by atoms with Crippen LogP contribution in [0.2, 0.25) is 0 Å². The number of ether oxygens (including phenoxy) is 2. The van der Waals surface area contributed by atoms with Crippen molar-refractivity contribution >= 4 is 27.7 Å². The molecule has 0 unspecified atom stereocenters. The van der Waals surface area contributed by atoms with Crippen molar-refractivity contribution in [2.24, 2.45) is 0 Å². The van der Waals surface area contributed by atoms with E-state index in [0.29, 0.717) is 11.4 Å². The number of carbonyl (C=O) groups excluding carboxylic acids is 1. The molecule has 0 aliphatic heterocycles. The third kappa shape index (κ3) is 6.80. The summed E-state index contributed by atoms with van der Waals surface area (Å²) in [6, 6.07) is 5.41. The van der Waals surface area contributed by atoms with Crippen LogP contribution in [-0.4, -0.2) is 17.3 Å². The van der Waals surface area contributed by atoms with Crippen molar-refractivity contribution < 1.29 is 14.3 Å². The fourth-order valence-corrected chi connectivity index (χ4v) is 1.94. The molecule has 0 fully saturated rings. The topological polar surface area (TPSA) is 47.6 Å². The maximum absolute atomic E-state index is 11.7. The Bertz CT molecular complexity index is 487. The molecule has 5 heteroatoms. The van der Waals surface area contributed by atoms with Crippen molar-refractivity contribution in [3.05, 3.63) is 22.7 Å². The van der Waals surface area contributed by atoms with E-state index in [1.54, 1.807) is 12.1 Å². The van der Waals surface area contributed by atoms with Crippen LogP contribution in [0.1, 0.15) is 41.5 Å². The molecule has 1 amide bonds. The molecule has 0 saturated carbocycles. The second kappa shape index (κ2) is 6.04. The Kier molecular flexibility index (Phi) is 5.08. The molecule has 1 aromatic carbocycles. The van der Waals surface area contributed by atoms with Crippen LogP contribution < -0.4 is 10.1 Å². The quantitative estimate of drug-likeness (QED) is 0.824. The molecule has 1 N–H and O–H groups in total. The van der Waals surface area contributed by atoms with Gasteiger partial charge in [-0.05, 0) is 53.7 Å².